The van der Waals surface area contributed by atoms with Gasteiger partial charge in [0.1, 0.15) is 18.5 Å². The molecule has 2 aromatic carbocycles. The number of anilines is 2. The minimum Gasteiger partial charge on any atom is -0.451 e. The fourth-order valence-corrected chi connectivity index (χ4v) is 4.13. The van der Waals surface area contributed by atoms with Gasteiger partial charge < -0.3 is 14.6 Å². The van der Waals surface area contributed by atoms with Crippen molar-refractivity contribution in [1.82, 2.24) is 4.98 Å². The molecule has 33 heavy (non-hydrogen) atoms. The Hall–Kier alpha value is -3.92. The van der Waals surface area contributed by atoms with Gasteiger partial charge in [-0.05, 0) is 56.9 Å². The summed E-state index contributed by atoms with van der Waals surface area (Å²) in [5.74, 6) is -0.494. The van der Waals surface area contributed by atoms with Gasteiger partial charge in [-0.1, -0.05) is 29.8 Å². The van der Waals surface area contributed by atoms with Gasteiger partial charge >= 0.3 is 0 Å². The van der Waals surface area contributed by atoms with Gasteiger partial charge in [0, 0.05) is 28.8 Å². The van der Waals surface area contributed by atoms with E-state index >= 15 is 0 Å². The lowest BCUT2D eigenvalue weighted by Gasteiger charge is -2.30. The Bertz CT molecular complexity index is 1120. The SMILES string of the molecule is Cc1ccc(N(CC(=O)Nc2ccc(-c3cocn3)cc2)C(=O)C2CCC(C#N)CC2)cc1. The van der Waals surface area contributed by atoms with Crippen LogP contribution in [-0.4, -0.2) is 23.3 Å². The number of amides is 2. The van der Waals surface area contributed by atoms with Crippen molar-refractivity contribution in [3.05, 3.63) is 66.8 Å². The number of carbonyl (C=O) groups is 2. The van der Waals surface area contributed by atoms with Crippen LogP contribution in [-0.2, 0) is 9.59 Å². The summed E-state index contributed by atoms with van der Waals surface area (Å²) >= 11 is 0. The number of oxazole rings is 1. The van der Waals surface area contributed by atoms with E-state index in [0.717, 1.165) is 29.7 Å². The largest absolute Gasteiger partial charge is 0.451 e. The summed E-state index contributed by atoms with van der Waals surface area (Å²) < 4.78 is 5.01. The van der Waals surface area contributed by atoms with Crippen molar-refractivity contribution in [2.75, 3.05) is 16.8 Å². The number of carbonyl (C=O) groups excluding carboxylic acids is 2. The van der Waals surface area contributed by atoms with Crippen LogP contribution in [0.3, 0.4) is 0 Å². The van der Waals surface area contributed by atoms with E-state index in [4.69, 9.17) is 9.68 Å². The van der Waals surface area contributed by atoms with E-state index < -0.39 is 0 Å². The number of nitrogens with one attached hydrogen (secondary N) is 1. The molecule has 1 aliphatic carbocycles. The fourth-order valence-electron chi connectivity index (χ4n) is 4.13. The Balaban J connectivity index is 1.46. The molecule has 3 aromatic rings. The molecule has 7 nitrogen and oxygen atoms in total. The first-order valence-electron chi connectivity index (χ1n) is 11.1. The molecular weight excluding hydrogens is 416 g/mol. The molecule has 7 heteroatoms. The summed E-state index contributed by atoms with van der Waals surface area (Å²) in [4.78, 5) is 32.0. The molecule has 1 saturated carbocycles. The van der Waals surface area contributed by atoms with Crippen LogP contribution >= 0.6 is 0 Å². The minimum absolute atomic E-state index is 0.0189. The summed E-state index contributed by atoms with van der Waals surface area (Å²) in [5.41, 5.74) is 4.02. The molecule has 1 aliphatic rings. The van der Waals surface area contributed by atoms with Crippen LogP contribution in [0, 0.1) is 30.1 Å². The average molecular weight is 443 g/mol. The van der Waals surface area contributed by atoms with Gasteiger partial charge in [-0.3, -0.25) is 9.59 Å². The number of nitrogens with zero attached hydrogens (tertiary/aromatic N) is 3. The van der Waals surface area contributed by atoms with Gasteiger partial charge in [0.05, 0.1) is 6.07 Å². The summed E-state index contributed by atoms with van der Waals surface area (Å²) in [5, 5.41) is 12.0. The maximum atomic E-state index is 13.4. The Kier molecular flexibility index (Phi) is 6.84. The normalized spacial score (nSPS) is 17.7. The highest BCUT2D eigenvalue weighted by molar-refractivity contribution is 6.03. The van der Waals surface area contributed by atoms with Crippen LogP contribution in [0.5, 0.6) is 0 Å². The first-order valence-corrected chi connectivity index (χ1v) is 11.1. The first-order chi connectivity index (χ1) is 16.0. The predicted octanol–water partition coefficient (Wildman–Crippen LogP) is 4.95. The fraction of sp³-hybridized carbons (Fsp3) is 0.308. The maximum absolute atomic E-state index is 13.4. The second kappa shape index (κ2) is 10.1. The topological polar surface area (TPSA) is 99.2 Å². The van der Waals surface area contributed by atoms with E-state index in [1.165, 1.54) is 6.39 Å². The van der Waals surface area contributed by atoms with Crippen molar-refractivity contribution >= 4 is 23.2 Å². The zero-order chi connectivity index (χ0) is 23.2. The lowest BCUT2D eigenvalue weighted by atomic mass is 9.82. The molecular formula is C26H26N4O3. The molecule has 0 atom stereocenters. The van der Waals surface area contributed by atoms with Gasteiger partial charge in [-0.25, -0.2) is 4.98 Å². The third-order valence-corrected chi connectivity index (χ3v) is 6.07. The van der Waals surface area contributed by atoms with Crippen LogP contribution in [0.25, 0.3) is 11.3 Å². The number of hydrogen-bond acceptors (Lipinski definition) is 5. The van der Waals surface area contributed by atoms with Crippen molar-refractivity contribution < 1.29 is 14.0 Å². The van der Waals surface area contributed by atoms with E-state index in [9.17, 15) is 9.59 Å². The standard InChI is InChI=1S/C26H26N4O3/c1-18-2-12-23(13-3-18)30(26(32)21-6-4-19(14-27)5-7-21)15-25(31)29-22-10-8-20(9-11-22)24-16-33-17-28-24/h2-3,8-13,16-17,19,21H,4-7,15H2,1H3,(H,29,31). The Morgan fingerprint density at radius 2 is 1.79 bits per heavy atom. The van der Waals surface area contributed by atoms with Crippen molar-refractivity contribution in [3.8, 4) is 17.3 Å². The zero-order valence-electron chi connectivity index (χ0n) is 18.5. The van der Waals surface area contributed by atoms with Gasteiger partial charge in [-0.2, -0.15) is 5.26 Å². The number of hydrogen-bond donors (Lipinski definition) is 1. The zero-order valence-corrected chi connectivity index (χ0v) is 18.5. The minimum atomic E-state index is -0.274. The van der Waals surface area contributed by atoms with Crippen LogP contribution in [0.1, 0.15) is 31.2 Å². The maximum Gasteiger partial charge on any atom is 0.244 e. The molecule has 1 aromatic heterocycles. The third kappa shape index (κ3) is 5.47. The van der Waals surface area contributed by atoms with E-state index in [-0.39, 0.29) is 30.2 Å². The number of nitriles is 1. The molecule has 0 aliphatic heterocycles. The summed E-state index contributed by atoms with van der Waals surface area (Å²) in [6, 6.07) is 17.2. The van der Waals surface area contributed by atoms with Gasteiger partial charge in [0.2, 0.25) is 11.8 Å². The third-order valence-electron chi connectivity index (χ3n) is 6.07. The smallest absolute Gasteiger partial charge is 0.244 e. The summed E-state index contributed by atoms with van der Waals surface area (Å²) in [7, 11) is 0. The molecule has 0 radical (unpaired) electrons. The molecule has 0 unspecified atom stereocenters. The van der Waals surface area contributed by atoms with Gasteiger partial charge in [0.25, 0.3) is 0 Å². The highest BCUT2D eigenvalue weighted by atomic mass is 16.3. The molecule has 1 fully saturated rings. The number of aryl methyl sites for hydroxylation is 1. The number of rotatable bonds is 6. The number of benzene rings is 2. The van der Waals surface area contributed by atoms with E-state index in [1.807, 2.05) is 43.3 Å². The highest BCUT2D eigenvalue weighted by Crippen LogP contribution is 2.31. The van der Waals surface area contributed by atoms with Crippen molar-refractivity contribution in [1.29, 1.82) is 5.26 Å². The highest BCUT2D eigenvalue weighted by Gasteiger charge is 2.31. The second-order valence-electron chi connectivity index (χ2n) is 8.44. The van der Waals surface area contributed by atoms with E-state index in [2.05, 4.69) is 16.4 Å². The predicted molar refractivity (Wildman–Crippen MR) is 125 cm³/mol. The molecule has 0 spiro atoms. The van der Waals surface area contributed by atoms with Gasteiger partial charge in [-0.15, -0.1) is 0 Å². The molecule has 1 heterocycles. The molecule has 0 saturated heterocycles. The van der Waals surface area contributed by atoms with Crippen LogP contribution in [0.15, 0.2) is 65.6 Å². The summed E-state index contributed by atoms with van der Waals surface area (Å²) in [6.07, 6.45) is 5.71. The monoisotopic (exact) mass is 442 g/mol. The van der Waals surface area contributed by atoms with Crippen molar-refractivity contribution in [3.63, 3.8) is 0 Å². The summed E-state index contributed by atoms with van der Waals surface area (Å²) in [6.45, 7) is 1.90. The van der Waals surface area contributed by atoms with Crippen LogP contribution in [0.4, 0.5) is 11.4 Å². The molecule has 1 N–H and O–H groups in total. The lowest BCUT2D eigenvalue weighted by molar-refractivity contribution is -0.125. The van der Waals surface area contributed by atoms with Gasteiger partial charge in [0.15, 0.2) is 6.39 Å². The Morgan fingerprint density at radius 3 is 2.39 bits per heavy atom. The molecule has 4 rings (SSSR count). The second-order valence-corrected chi connectivity index (χ2v) is 8.44. The van der Waals surface area contributed by atoms with Crippen LogP contribution < -0.4 is 10.2 Å². The van der Waals surface area contributed by atoms with Crippen LogP contribution in [0.2, 0.25) is 0 Å². The number of aromatic nitrogens is 1. The lowest BCUT2D eigenvalue weighted by Crippen LogP contribution is -2.42. The van der Waals surface area contributed by atoms with Crippen molar-refractivity contribution in [2.45, 2.75) is 32.6 Å². The molecule has 168 valence electrons. The van der Waals surface area contributed by atoms with Crippen molar-refractivity contribution in [2.24, 2.45) is 11.8 Å². The molecule has 0 bridgehead atoms. The van der Waals surface area contributed by atoms with E-state index in [0.29, 0.717) is 24.2 Å². The Morgan fingerprint density at radius 1 is 1.09 bits per heavy atom. The quantitative estimate of drug-likeness (QED) is 0.582. The van der Waals surface area contributed by atoms with E-state index in [1.54, 1.807) is 23.3 Å². The Labute approximate surface area is 193 Å². The molecule has 2 amide bonds. The average Bonchev–Trinajstić information content (AvgIpc) is 3.38. The first kappa shape index (κ1) is 22.3.